The monoisotopic (exact) mass is 318 g/mol. The van der Waals surface area contributed by atoms with Gasteiger partial charge in [-0.3, -0.25) is 0 Å². The molecule has 3 heteroatoms. The molecule has 22 heavy (non-hydrogen) atoms. The average molecular weight is 319 g/mol. The van der Waals surface area contributed by atoms with E-state index in [1.165, 1.54) is 16.8 Å². The highest BCUT2D eigenvalue weighted by Gasteiger charge is 2.01. The van der Waals surface area contributed by atoms with Crippen LogP contribution in [0.5, 0.6) is 0 Å². The fourth-order valence-electron chi connectivity index (χ4n) is 2.52. The lowest BCUT2D eigenvalue weighted by atomic mass is 10.1. The first-order valence-electron chi connectivity index (χ1n) is 7.92. The Labute approximate surface area is 141 Å². The number of benzene rings is 2. The lowest BCUT2D eigenvalue weighted by Crippen LogP contribution is -2.21. The molecule has 0 heterocycles. The summed E-state index contributed by atoms with van der Waals surface area (Å²) in [5, 5.41) is 3.51. The van der Waals surface area contributed by atoms with Gasteiger partial charge in [0.1, 0.15) is 0 Å². The molecule has 0 saturated heterocycles. The van der Waals surface area contributed by atoms with Gasteiger partial charge in [-0.15, -0.1) is 12.4 Å². The molecule has 2 aromatic carbocycles. The average Bonchev–Trinajstić information content (AvgIpc) is 2.55. The van der Waals surface area contributed by atoms with Crippen molar-refractivity contribution >= 4 is 18.1 Å². The van der Waals surface area contributed by atoms with Crippen molar-refractivity contribution in [3.63, 3.8) is 0 Å². The van der Waals surface area contributed by atoms with Gasteiger partial charge in [0, 0.05) is 25.3 Å². The third-order valence-corrected chi connectivity index (χ3v) is 3.83. The maximum absolute atomic E-state index is 3.51. The van der Waals surface area contributed by atoms with E-state index in [4.69, 9.17) is 0 Å². The zero-order chi connectivity index (χ0) is 14.9. The molecule has 0 aliphatic carbocycles. The Hall–Kier alpha value is -1.51. The summed E-state index contributed by atoms with van der Waals surface area (Å²) in [5.41, 5.74) is 4.05. The van der Waals surface area contributed by atoms with Crippen molar-refractivity contribution in [1.29, 1.82) is 0 Å². The molecule has 0 fully saturated rings. The molecular formula is C19H27ClN2. The molecule has 0 aromatic heterocycles. The van der Waals surface area contributed by atoms with Crippen LogP contribution < -0.4 is 10.2 Å². The summed E-state index contributed by atoms with van der Waals surface area (Å²) in [6.07, 6.45) is 1.08. The molecule has 0 unspecified atom stereocenters. The van der Waals surface area contributed by atoms with Gasteiger partial charge in [-0.1, -0.05) is 42.5 Å². The van der Waals surface area contributed by atoms with E-state index >= 15 is 0 Å². The van der Waals surface area contributed by atoms with Gasteiger partial charge < -0.3 is 10.2 Å². The number of anilines is 1. The molecule has 2 rings (SSSR count). The van der Waals surface area contributed by atoms with Gasteiger partial charge in [-0.2, -0.15) is 0 Å². The molecule has 2 aromatic rings. The van der Waals surface area contributed by atoms with Crippen molar-refractivity contribution in [3.05, 3.63) is 65.7 Å². The highest BCUT2D eigenvalue weighted by Crippen LogP contribution is 2.14. The minimum atomic E-state index is 0. The standard InChI is InChI=1S/C19H26N2.ClH/c1-3-21(4-2)19-12-10-18(11-13-19)16-20-15-14-17-8-6-5-7-9-17;/h5-13,20H,3-4,14-16H2,1-2H3;1H. The van der Waals surface area contributed by atoms with Gasteiger partial charge in [-0.05, 0) is 50.1 Å². The lowest BCUT2D eigenvalue weighted by molar-refractivity contribution is 0.687. The number of nitrogens with one attached hydrogen (secondary N) is 1. The minimum absolute atomic E-state index is 0. The molecule has 0 amide bonds. The Kier molecular flexibility index (Phi) is 8.64. The Balaban J connectivity index is 0.00000242. The van der Waals surface area contributed by atoms with Crippen LogP contribution >= 0.6 is 12.4 Å². The molecule has 0 spiro atoms. The van der Waals surface area contributed by atoms with E-state index in [9.17, 15) is 0 Å². The smallest absolute Gasteiger partial charge is 0.0366 e. The highest BCUT2D eigenvalue weighted by molar-refractivity contribution is 5.85. The SMILES string of the molecule is CCN(CC)c1ccc(CNCCc2ccccc2)cc1.Cl. The van der Waals surface area contributed by atoms with Crippen molar-refractivity contribution in [3.8, 4) is 0 Å². The lowest BCUT2D eigenvalue weighted by Gasteiger charge is -2.21. The van der Waals surface area contributed by atoms with E-state index in [-0.39, 0.29) is 12.4 Å². The number of rotatable bonds is 8. The predicted octanol–water partition coefficient (Wildman–Crippen LogP) is 4.29. The molecular weight excluding hydrogens is 292 g/mol. The first kappa shape index (κ1) is 18.5. The van der Waals surface area contributed by atoms with E-state index in [0.717, 1.165) is 32.6 Å². The van der Waals surface area contributed by atoms with Crippen LogP contribution in [0.2, 0.25) is 0 Å². The molecule has 0 saturated carbocycles. The third-order valence-electron chi connectivity index (χ3n) is 3.83. The second kappa shape index (κ2) is 10.3. The van der Waals surface area contributed by atoms with Crippen molar-refractivity contribution in [2.75, 3.05) is 24.5 Å². The zero-order valence-electron chi connectivity index (χ0n) is 13.6. The van der Waals surface area contributed by atoms with Gasteiger partial charge in [0.25, 0.3) is 0 Å². The van der Waals surface area contributed by atoms with Crippen LogP contribution in [-0.2, 0) is 13.0 Å². The number of halogens is 1. The summed E-state index contributed by atoms with van der Waals surface area (Å²) in [6, 6.07) is 19.5. The van der Waals surface area contributed by atoms with Crippen molar-refractivity contribution in [2.45, 2.75) is 26.8 Å². The minimum Gasteiger partial charge on any atom is -0.372 e. The van der Waals surface area contributed by atoms with Crippen molar-refractivity contribution < 1.29 is 0 Å². The molecule has 120 valence electrons. The maximum Gasteiger partial charge on any atom is 0.0366 e. The van der Waals surface area contributed by atoms with Crippen LogP contribution in [0.25, 0.3) is 0 Å². The van der Waals surface area contributed by atoms with E-state index in [0.29, 0.717) is 0 Å². The van der Waals surface area contributed by atoms with Crippen LogP contribution in [0.1, 0.15) is 25.0 Å². The highest BCUT2D eigenvalue weighted by atomic mass is 35.5. The topological polar surface area (TPSA) is 15.3 Å². The third kappa shape index (κ3) is 5.70. The van der Waals surface area contributed by atoms with E-state index in [1.807, 2.05) is 0 Å². The second-order valence-corrected chi connectivity index (χ2v) is 5.25. The Morgan fingerprint density at radius 1 is 0.818 bits per heavy atom. The van der Waals surface area contributed by atoms with Crippen LogP contribution in [0.3, 0.4) is 0 Å². The molecule has 0 aliphatic rings. The van der Waals surface area contributed by atoms with Crippen LogP contribution in [0.15, 0.2) is 54.6 Å². The molecule has 0 aliphatic heterocycles. The van der Waals surface area contributed by atoms with Gasteiger partial charge in [0.2, 0.25) is 0 Å². The summed E-state index contributed by atoms with van der Waals surface area (Å²) in [7, 11) is 0. The fourth-order valence-corrected chi connectivity index (χ4v) is 2.52. The largest absolute Gasteiger partial charge is 0.372 e. The number of nitrogens with zero attached hydrogens (tertiary/aromatic N) is 1. The summed E-state index contributed by atoms with van der Waals surface area (Å²) < 4.78 is 0. The van der Waals surface area contributed by atoms with Crippen LogP contribution in [-0.4, -0.2) is 19.6 Å². The first-order valence-corrected chi connectivity index (χ1v) is 7.92. The summed E-state index contributed by atoms with van der Waals surface area (Å²) in [6.45, 7) is 8.47. The van der Waals surface area contributed by atoms with Gasteiger partial charge in [-0.25, -0.2) is 0 Å². The van der Waals surface area contributed by atoms with Crippen molar-refractivity contribution in [1.82, 2.24) is 5.32 Å². The first-order chi connectivity index (χ1) is 10.3. The number of hydrogen-bond donors (Lipinski definition) is 1. The molecule has 1 N–H and O–H groups in total. The Morgan fingerprint density at radius 2 is 1.45 bits per heavy atom. The second-order valence-electron chi connectivity index (χ2n) is 5.25. The van der Waals surface area contributed by atoms with E-state index < -0.39 is 0 Å². The van der Waals surface area contributed by atoms with Gasteiger partial charge >= 0.3 is 0 Å². The molecule has 0 bridgehead atoms. The quantitative estimate of drug-likeness (QED) is 0.731. The Morgan fingerprint density at radius 3 is 2.05 bits per heavy atom. The Bertz CT molecular complexity index is 507. The molecule has 0 atom stereocenters. The maximum atomic E-state index is 3.51. The fraction of sp³-hybridized carbons (Fsp3) is 0.368. The normalized spacial score (nSPS) is 10.1. The number of hydrogen-bond acceptors (Lipinski definition) is 2. The van der Waals surface area contributed by atoms with Crippen molar-refractivity contribution in [2.24, 2.45) is 0 Å². The molecule has 0 radical (unpaired) electrons. The summed E-state index contributed by atoms with van der Waals surface area (Å²) in [4.78, 5) is 2.37. The van der Waals surface area contributed by atoms with Gasteiger partial charge in [0.05, 0.1) is 0 Å². The van der Waals surface area contributed by atoms with Crippen LogP contribution in [0.4, 0.5) is 5.69 Å². The zero-order valence-corrected chi connectivity index (χ0v) is 14.4. The molecule has 2 nitrogen and oxygen atoms in total. The van der Waals surface area contributed by atoms with E-state index in [1.54, 1.807) is 0 Å². The van der Waals surface area contributed by atoms with Gasteiger partial charge in [0.15, 0.2) is 0 Å². The summed E-state index contributed by atoms with van der Waals surface area (Å²) in [5.74, 6) is 0. The van der Waals surface area contributed by atoms with Crippen LogP contribution in [0, 0.1) is 0 Å². The summed E-state index contributed by atoms with van der Waals surface area (Å²) >= 11 is 0. The predicted molar refractivity (Wildman–Crippen MR) is 99.1 cm³/mol. The van der Waals surface area contributed by atoms with E-state index in [2.05, 4.69) is 78.7 Å².